The summed E-state index contributed by atoms with van der Waals surface area (Å²) >= 11 is 0. The molecule has 116 valence electrons. The molecule has 0 bridgehead atoms. The molecule has 2 amide bonds. The van der Waals surface area contributed by atoms with Crippen LogP contribution in [0.2, 0.25) is 0 Å². The second-order valence-corrected chi connectivity index (χ2v) is 5.18. The zero-order valence-corrected chi connectivity index (χ0v) is 12.8. The van der Waals surface area contributed by atoms with Gasteiger partial charge in [0.05, 0.1) is 11.8 Å². The number of carbonyl (C=O) groups excluding carboxylic acids is 2. The lowest BCUT2D eigenvalue weighted by molar-refractivity contribution is 0.0936. The minimum Gasteiger partial charge on any atom is -0.472 e. The van der Waals surface area contributed by atoms with Crippen molar-refractivity contribution in [2.75, 3.05) is 0 Å². The molecule has 0 aliphatic carbocycles. The Bertz CT molecular complexity index is 635. The molecule has 0 aliphatic rings. The van der Waals surface area contributed by atoms with Crippen LogP contribution in [0.5, 0.6) is 0 Å². The lowest BCUT2D eigenvalue weighted by atomic mass is 10.1. The van der Waals surface area contributed by atoms with E-state index in [4.69, 9.17) is 4.42 Å². The van der Waals surface area contributed by atoms with Gasteiger partial charge in [-0.25, -0.2) is 0 Å². The van der Waals surface area contributed by atoms with Gasteiger partial charge in [0.25, 0.3) is 11.8 Å². The van der Waals surface area contributed by atoms with E-state index in [2.05, 4.69) is 10.6 Å². The molecule has 0 unspecified atom stereocenters. The number of nitrogens with one attached hydrogen (secondary N) is 2. The number of hydrogen-bond acceptors (Lipinski definition) is 3. The molecule has 1 atom stereocenters. The van der Waals surface area contributed by atoms with Gasteiger partial charge in [-0.05, 0) is 37.1 Å². The molecular formula is C17H20N2O3. The van der Waals surface area contributed by atoms with E-state index in [9.17, 15) is 9.59 Å². The topological polar surface area (TPSA) is 71.3 Å². The van der Waals surface area contributed by atoms with Crippen LogP contribution in [0, 0.1) is 0 Å². The van der Waals surface area contributed by atoms with Crippen LogP contribution in [0.3, 0.4) is 0 Å². The van der Waals surface area contributed by atoms with Gasteiger partial charge in [-0.2, -0.15) is 0 Å². The van der Waals surface area contributed by atoms with Crippen molar-refractivity contribution < 1.29 is 14.0 Å². The van der Waals surface area contributed by atoms with Crippen LogP contribution in [-0.4, -0.2) is 17.9 Å². The number of carbonyl (C=O) groups is 2. The van der Waals surface area contributed by atoms with E-state index in [-0.39, 0.29) is 17.9 Å². The Morgan fingerprint density at radius 3 is 2.68 bits per heavy atom. The number of furan rings is 1. The third-order valence-corrected chi connectivity index (χ3v) is 3.42. The summed E-state index contributed by atoms with van der Waals surface area (Å²) in [6.45, 7) is 4.34. The Hall–Kier alpha value is -2.56. The average molecular weight is 300 g/mol. The molecule has 2 rings (SSSR count). The Morgan fingerprint density at radius 2 is 2.00 bits per heavy atom. The molecule has 0 saturated heterocycles. The molecular weight excluding hydrogens is 280 g/mol. The van der Waals surface area contributed by atoms with Crippen molar-refractivity contribution in [3.63, 3.8) is 0 Å². The van der Waals surface area contributed by atoms with Crippen LogP contribution in [0.4, 0.5) is 0 Å². The fourth-order valence-electron chi connectivity index (χ4n) is 1.91. The van der Waals surface area contributed by atoms with E-state index in [0.29, 0.717) is 17.7 Å². The molecule has 0 fully saturated rings. The van der Waals surface area contributed by atoms with Crippen LogP contribution >= 0.6 is 0 Å². The molecule has 0 aliphatic heterocycles. The van der Waals surface area contributed by atoms with E-state index >= 15 is 0 Å². The van der Waals surface area contributed by atoms with Gasteiger partial charge >= 0.3 is 0 Å². The van der Waals surface area contributed by atoms with Crippen LogP contribution in [0.1, 0.15) is 46.5 Å². The van der Waals surface area contributed by atoms with Gasteiger partial charge in [0.2, 0.25) is 0 Å². The molecule has 5 heteroatoms. The maximum atomic E-state index is 12.1. The van der Waals surface area contributed by atoms with Crippen molar-refractivity contribution in [3.8, 4) is 0 Å². The SMILES string of the molecule is CC[C@H](C)NC(=O)c1cccc(CNC(=O)c2ccoc2)c1. The monoisotopic (exact) mass is 300 g/mol. The highest BCUT2D eigenvalue weighted by atomic mass is 16.3. The summed E-state index contributed by atoms with van der Waals surface area (Å²) in [5.74, 6) is -0.305. The lowest BCUT2D eigenvalue weighted by Gasteiger charge is -2.12. The van der Waals surface area contributed by atoms with Crippen LogP contribution in [-0.2, 0) is 6.54 Å². The van der Waals surface area contributed by atoms with E-state index in [0.717, 1.165) is 12.0 Å². The Morgan fingerprint density at radius 1 is 1.18 bits per heavy atom. The zero-order chi connectivity index (χ0) is 15.9. The smallest absolute Gasteiger partial charge is 0.254 e. The first kappa shape index (κ1) is 15.8. The maximum absolute atomic E-state index is 12.1. The molecule has 1 heterocycles. The van der Waals surface area contributed by atoms with E-state index in [1.807, 2.05) is 26.0 Å². The van der Waals surface area contributed by atoms with Crippen LogP contribution in [0.25, 0.3) is 0 Å². The standard InChI is InChI=1S/C17H20N2O3/c1-3-12(2)19-17(21)14-6-4-5-13(9-14)10-18-16(20)15-7-8-22-11-15/h4-9,11-12H,3,10H2,1-2H3,(H,18,20)(H,19,21)/t12-/m0/s1. The minimum atomic E-state index is -0.205. The van der Waals surface area contributed by atoms with Gasteiger partial charge < -0.3 is 15.1 Å². The first-order valence-electron chi connectivity index (χ1n) is 7.30. The van der Waals surface area contributed by atoms with Crippen LogP contribution < -0.4 is 10.6 Å². The lowest BCUT2D eigenvalue weighted by Crippen LogP contribution is -2.32. The van der Waals surface area contributed by atoms with E-state index in [1.165, 1.54) is 12.5 Å². The van der Waals surface area contributed by atoms with Crippen LogP contribution in [0.15, 0.2) is 47.3 Å². The van der Waals surface area contributed by atoms with Gasteiger partial charge in [0.15, 0.2) is 0 Å². The van der Waals surface area contributed by atoms with Crippen molar-refractivity contribution in [1.29, 1.82) is 0 Å². The summed E-state index contributed by atoms with van der Waals surface area (Å²) in [5.41, 5.74) is 1.94. The quantitative estimate of drug-likeness (QED) is 0.861. The van der Waals surface area contributed by atoms with E-state index in [1.54, 1.807) is 18.2 Å². The first-order valence-corrected chi connectivity index (χ1v) is 7.30. The summed E-state index contributed by atoms with van der Waals surface area (Å²) < 4.78 is 4.87. The molecule has 5 nitrogen and oxygen atoms in total. The second-order valence-electron chi connectivity index (χ2n) is 5.18. The molecule has 0 radical (unpaired) electrons. The van der Waals surface area contributed by atoms with Crippen molar-refractivity contribution in [3.05, 3.63) is 59.5 Å². The predicted octanol–water partition coefficient (Wildman–Crippen LogP) is 2.74. The third kappa shape index (κ3) is 4.22. The molecule has 2 aromatic rings. The summed E-state index contributed by atoms with van der Waals surface area (Å²) in [6, 6.07) is 8.97. The highest BCUT2D eigenvalue weighted by Crippen LogP contribution is 2.07. The number of rotatable bonds is 6. The number of benzene rings is 1. The third-order valence-electron chi connectivity index (χ3n) is 3.42. The van der Waals surface area contributed by atoms with Gasteiger partial charge in [-0.1, -0.05) is 19.1 Å². The average Bonchev–Trinajstić information content (AvgIpc) is 3.07. The zero-order valence-electron chi connectivity index (χ0n) is 12.8. The minimum absolute atomic E-state index is 0.0997. The Labute approximate surface area is 129 Å². The van der Waals surface area contributed by atoms with Gasteiger partial charge in [0.1, 0.15) is 6.26 Å². The summed E-state index contributed by atoms with van der Waals surface area (Å²) in [4.78, 5) is 23.9. The highest BCUT2D eigenvalue weighted by molar-refractivity contribution is 5.95. The first-order chi connectivity index (χ1) is 10.6. The van der Waals surface area contributed by atoms with Crippen molar-refractivity contribution >= 4 is 11.8 Å². The van der Waals surface area contributed by atoms with Crippen molar-refractivity contribution in [1.82, 2.24) is 10.6 Å². The van der Waals surface area contributed by atoms with Crippen molar-refractivity contribution in [2.24, 2.45) is 0 Å². The number of amides is 2. The fourth-order valence-corrected chi connectivity index (χ4v) is 1.91. The summed E-state index contributed by atoms with van der Waals surface area (Å²) in [5, 5.41) is 5.71. The molecule has 0 saturated carbocycles. The van der Waals surface area contributed by atoms with Gasteiger partial charge in [-0.3, -0.25) is 9.59 Å². The largest absolute Gasteiger partial charge is 0.472 e. The number of hydrogen-bond donors (Lipinski definition) is 2. The summed E-state index contributed by atoms with van der Waals surface area (Å²) in [7, 11) is 0. The van der Waals surface area contributed by atoms with E-state index < -0.39 is 0 Å². The van der Waals surface area contributed by atoms with Crippen molar-refractivity contribution in [2.45, 2.75) is 32.9 Å². The molecule has 22 heavy (non-hydrogen) atoms. The van der Waals surface area contributed by atoms with Gasteiger partial charge in [-0.15, -0.1) is 0 Å². The normalized spacial score (nSPS) is 11.7. The van der Waals surface area contributed by atoms with Gasteiger partial charge in [0, 0.05) is 18.2 Å². The fraction of sp³-hybridized carbons (Fsp3) is 0.294. The Kier molecular flexibility index (Phi) is 5.36. The second kappa shape index (κ2) is 7.45. The molecule has 1 aromatic carbocycles. The predicted molar refractivity (Wildman–Crippen MR) is 83.5 cm³/mol. The molecule has 1 aromatic heterocycles. The summed E-state index contributed by atoms with van der Waals surface area (Å²) in [6.07, 6.45) is 3.73. The maximum Gasteiger partial charge on any atom is 0.254 e. The Balaban J connectivity index is 1.96. The molecule has 0 spiro atoms. The highest BCUT2D eigenvalue weighted by Gasteiger charge is 2.10. The molecule has 2 N–H and O–H groups in total.